The number of carbonyl (C=O) groups is 2. The van der Waals surface area contributed by atoms with Crippen molar-refractivity contribution in [3.8, 4) is 5.75 Å². The number of carbonyl (C=O) groups excluding carboxylic acids is 2. The molecule has 0 bridgehead atoms. The molecule has 1 aromatic carbocycles. The van der Waals surface area contributed by atoms with Gasteiger partial charge in [-0.2, -0.15) is 0 Å². The minimum absolute atomic E-state index is 0.133. The lowest BCUT2D eigenvalue weighted by atomic mass is 9.97. The predicted molar refractivity (Wildman–Crippen MR) is 104 cm³/mol. The number of hydrogen-bond donors (Lipinski definition) is 0. The highest BCUT2D eigenvalue weighted by Crippen LogP contribution is 2.32. The molecule has 0 atom stereocenters. The molecule has 3 fully saturated rings. The zero-order valence-corrected chi connectivity index (χ0v) is 16.1. The van der Waals surface area contributed by atoms with Crippen LogP contribution in [0, 0.1) is 11.8 Å². The Bertz CT molecular complexity index is 655. The SMILES string of the molecule is O=C(c1ccc(OCC2CCN(C(=O)C3CC3)CC2)cc1)N1CCCCC1. The molecule has 1 aromatic rings. The first-order chi connectivity index (χ1) is 13.2. The van der Waals surface area contributed by atoms with E-state index in [2.05, 4.69) is 0 Å². The van der Waals surface area contributed by atoms with E-state index in [0.717, 1.165) is 76.0 Å². The Labute approximate surface area is 161 Å². The first-order valence-electron chi connectivity index (χ1n) is 10.5. The normalized spacial score (nSPS) is 21.2. The lowest BCUT2D eigenvalue weighted by Crippen LogP contribution is -2.40. The number of nitrogens with zero attached hydrogens (tertiary/aromatic N) is 2. The van der Waals surface area contributed by atoms with E-state index in [-0.39, 0.29) is 5.91 Å². The fourth-order valence-electron chi connectivity index (χ4n) is 4.10. The number of likely N-dealkylation sites (tertiary alicyclic amines) is 2. The molecular formula is C22H30N2O3. The van der Waals surface area contributed by atoms with Crippen molar-refractivity contribution in [3.05, 3.63) is 29.8 Å². The van der Waals surface area contributed by atoms with E-state index in [1.807, 2.05) is 34.1 Å². The summed E-state index contributed by atoms with van der Waals surface area (Å²) in [5.74, 6) is 2.14. The van der Waals surface area contributed by atoms with Crippen LogP contribution in [0.15, 0.2) is 24.3 Å². The third-order valence-electron chi connectivity index (χ3n) is 6.08. The van der Waals surface area contributed by atoms with E-state index >= 15 is 0 Å². The highest BCUT2D eigenvalue weighted by Gasteiger charge is 2.34. The number of rotatable bonds is 5. The molecule has 0 N–H and O–H groups in total. The summed E-state index contributed by atoms with van der Waals surface area (Å²) in [4.78, 5) is 28.6. The fourth-order valence-corrected chi connectivity index (χ4v) is 4.10. The first kappa shape index (κ1) is 18.3. The number of ether oxygens (including phenoxy) is 1. The monoisotopic (exact) mass is 370 g/mol. The summed E-state index contributed by atoms with van der Waals surface area (Å²) >= 11 is 0. The van der Waals surface area contributed by atoms with Crippen LogP contribution in [0.3, 0.4) is 0 Å². The fraction of sp³-hybridized carbons (Fsp3) is 0.636. The summed E-state index contributed by atoms with van der Waals surface area (Å²) in [6, 6.07) is 7.57. The second-order valence-corrected chi connectivity index (χ2v) is 8.23. The highest BCUT2D eigenvalue weighted by atomic mass is 16.5. The molecule has 27 heavy (non-hydrogen) atoms. The van der Waals surface area contributed by atoms with Crippen molar-refractivity contribution in [2.75, 3.05) is 32.8 Å². The van der Waals surface area contributed by atoms with E-state index in [0.29, 0.717) is 24.3 Å². The predicted octanol–water partition coefficient (Wildman–Crippen LogP) is 3.34. The molecule has 5 nitrogen and oxygen atoms in total. The molecule has 4 rings (SSSR count). The van der Waals surface area contributed by atoms with E-state index < -0.39 is 0 Å². The number of hydrogen-bond acceptors (Lipinski definition) is 3. The van der Waals surface area contributed by atoms with Gasteiger partial charge in [-0.3, -0.25) is 9.59 Å². The van der Waals surface area contributed by atoms with Crippen molar-refractivity contribution in [3.63, 3.8) is 0 Å². The molecule has 5 heteroatoms. The smallest absolute Gasteiger partial charge is 0.253 e. The van der Waals surface area contributed by atoms with Gasteiger partial charge in [-0.1, -0.05) is 0 Å². The lowest BCUT2D eigenvalue weighted by Gasteiger charge is -2.32. The zero-order valence-electron chi connectivity index (χ0n) is 16.1. The van der Waals surface area contributed by atoms with Gasteiger partial charge in [0.15, 0.2) is 0 Å². The summed E-state index contributed by atoms with van der Waals surface area (Å²) in [5.41, 5.74) is 0.746. The summed E-state index contributed by atoms with van der Waals surface area (Å²) < 4.78 is 5.95. The molecule has 0 unspecified atom stereocenters. The quantitative estimate of drug-likeness (QED) is 0.799. The average Bonchev–Trinajstić information content (AvgIpc) is 3.58. The van der Waals surface area contributed by atoms with Gasteiger partial charge in [0.25, 0.3) is 5.91 Å². The summed E-state index contributed by atoms with van der Waals surface area (Å²) in [6.07, 6.45) is 7.64. The Morgan fingerprint density at radius 2 is 1.52 bits per heavy atom. The molecule has 0 radical (unpaired) electrons. The van der Waals surface area contributed by atoms with Gasteiger partial charge in [0, 0.05) is 37.7 Å². The molecule has 146 valence electrons. The molecule has 2 heterocycles. The van der Waals surface area contributed by atoms with Crippen molar-refractivity contribution >= 4 is 11.8 Å². The lowest BCUT2D eigenvalue weighted by molar-refractivity contribution is -0.134. The topological polar surface area (TPSA) is 49.9 Å². The molecule has 0 spiro atoms. The van der Waals surface area contributed by atoms with Gasteiger partial charge in [0.2, 0.25) is 5.91 Å². The van der Waals surface area contributed by atoms with Gasteiger partial charge in [-0.25, -0.2) is 0 Å². The van der Waals surface area contributed by atoms with E-state index in [1.165, 1.54) is 6.42 Å². The van der Waals surface area contributed by atoms with Crippen molar-refractivity contribution in [2.24, 2.45) is 11.8 Å². The standard InChI is InChI=1S/C22H30N2O3/c25-21(23-12-2-1-3-13-23)19-6-8-20(9-7-19)27-16-17-10-14-24(15-11-17)22(26)18-4-5-18/h6-9,17-18H,1-5,10-16H2. The third-order valence-corrected chi connectivity index (χ3v) is 6.08. The van der Waals surface area contributed by atoms with Crippen LogP contribution in [0.2, 0.25) is 0 Å². The van der Waals surface area contributed by atoms with E-state index in [9.17, 15) is 9.59 Å². The minimum Gasteiger partial charge on any atom is -0.493 e. The van der Waals surface area contributed by atoms with Crippen LogP contribution in [0.4, 0.5) is 0 Å². The van der Waals surface area contributed by atoms with Crippen LogP contribution in [-0.2, 0) is 4.79 Å². The Morgan fingerprint density at radius 1 is 0.852 bits per heavy atom. The summed E-state index contributed by atoms with van der Waals surface area (Å²) in [5, 5.41) is 0. The van der Waals surface area contributed by atoms with Crippen LogP contribution in [0.25, 0.3) is 0 Å². The second-order valence-electron chi connectivity index (χ2n) is 8.23. The number of amides is 2. The van der Waals surface area contributed by atoms with Gasteiger partial charge >= 0.3 is 0 Å². The van der Waals surface area contributed by atoms with Gasteiger partial charge in [-0.05, 0) is 75.1 Å². The Hall–Kier alpha value is -2.04. The summed E-state index contributed by atoms with van der Waals surface area (Å²) in [7, 11) is 0. The second kappa shape index (κ2) is 8.32. The van der Waals surface area contributed by atoms with Crippen molar-refractivity contribution in [1.82, 2.24) is 9.80 Å². The largest absolute Gasteiger partial charge is 0.493 e. The van der Waals surface area contributed by atoms with Crippen LogP contribution >= 0.6 is 0 Å². The highest BCUT2D eigenvalue weighted by molar-refractivity contribution is 5.94. The Kier molecular flexibility index (Phi) is 5.65. The maximum Gasteiger partial charge on any atom is 0.253 e. The first-order valence-corrected chi connectivity index (χ1v) is 10.5. The van der Waals surface area contributed by atoms with E-state index in [4.69, 9.17) is 4.74 Å². The third kappa shape index (κ3) is 4.63. The molecule has 2 aliphatic heterocycles. The molecular weight excluding hydrogens is 340 g/mol. The minimum atomic E-state index is 0.133. The average molecular weight is 370 g/mol. The molecule has 2 saturated heterocycles. The Morgan fingerprint density at radius 3 is 2.15 bits per heavy atom. The Balaban J connectivity index is 1.22. The van der Waals surface area contributed by atoms with Crippen LogP contribution in [0.5, 0.6) is 5.75 Å². The van der Waals surface area contributed by atoms with Crippen LogP contribution in [-0.4, -0.2) is 54.4 Å². The van der Waals surface area contributed by atoms with Crippen LogP contribution in [0.1, 0.15) is 55.3 Å². The summed E-state index contributed by atoms with van der Waals surface area (Å²) in [6.45, 7) is 4.17. The van der Waals surface area contributed by atoms with Crippen molar-refractivity contribution in [2.45, 2.75) is 44.9 Å². The van der Waals surface area contributed by atoms with Crippen LogP contribution < -0.4 is 4.74 Å². The van der Waals surface area contributed by atoms with Gasteiger partial charge in [0.05, 0.1) is 6.61 Å². The van der Waals surface area contributed by atoms with Gasteiger partial charge < -0.3 is 14.5 Å². The molecule has 0 aromatic heterocycles. The molecule has 3 aliphatic rings. The van der Waals surface area contributed by atoms with Crippen molar-refractivity contribution < 1.29 is 14.3 Å². The number of piperidine rings is 2. The van der Waals surface area contributed by atoms with Crippen molar-refractivity contribution in [1.29, 1.82) is 0 Å². The number of benzene rings is 1. The van der Waals surface area contributed by atoms with Gasteiger partial charge in [0.1, 0.15) is 5.75 Å². The molecule has 1 saturated carbocycles. The van der Waals surface area contributed by atoms with E-state index in [1.54, 1.807) is 0 Å². The maximum absolute atomic E-state index is 12.5. The molecule has 2 amide bonds. The zero-order chi connectivity index (χ0) is 18.6. The molecule has 1 aliphatic carbocycles. The maximum atomic E-state index is 12.5. The van der Waals surface area contributed by atoms with Gasteiger partial charge in [-0.15, -0.1) is 0 Å².